The first-order valence-corrected chi connectivity index (χ1v) is 10.2. The van der Waals surface area contributed by atoms with E-state index in [1.165, 1.54) is 4.90 Å². The first kappa shape index (κ1) is 21.3. The van der Waals surface area contributed by atoms with Gasteiger partial charge in [-0.15, -0.1) is 0 Å². The number of hydrogen-bond acceptors (Lipinski definition) is 5. The van der Waals surface area contributed by atoms with Crippen LogP contribution in [0.1, 0.15) is 28.4 Å². The lowest BCUT2D eigenvalue weighted by Crippen LogP contribution is -2.44. The zero-order valence-corrected chi connectivity index (χ0v) is 17.4. The molecule has 0 fully saturated rings. The lowest BCUT2D eigenvalue weighted by atomic mass is 9.88. The number of esters is 1. The van der Waals surface area contributed by atoms with Gasteiger partial charge < -0.3 is 15.2 Å². The minimum atomic E-state index is -1.89. The third-order valence-electron chi connectivity index (χ3n) is 5.33. The third-order valence-corrected chi connectivity index (χ3v) is 5.33. The van der Waals surface area contributed by atoms with Crippen LogP contribution in [-0.2, 0) is 19.9 Å². The predicted octanol–water partition coefficient (Wildman–Crippen LogP) is 3.08. The Balaban J connectivity index is 1.62. The highest BCUT2D eigenvalue weighted by molar-refractivity contribution is 6.13. The molecule has 1 heterocycles. The molecule has 0 saturated heterocycles. The van der Waals surface area contributed by atoms with Crippen molar-refractivity contribution < 1.29 is 24.2 Å². The van der Waals surface area contributed by atoms with Crippen molar-refractivity contribution in [2.24, 2.45) is 0 Å². The molecule has 4 rings (SSSR count). The summed E-state index contributed by atoms with van der Waals surface area (Å²) < 4.78 is 5.04. The van der Waals surface area contributed by atoms with E-state index in [0.717, 1.165) is 0 Å². The number of fused-ring (bicyclic) bond motifs is 1. The molecule has 162 valence electrons. The summed E-state index contributed by atoms with van der Waals surface area (Å²) in [6, 6.07) is 22.0. The molecule has 0 spiro atoms. The molecule has 2 amide bonds. The Labute approximate surface area is 185 Å². The van der Waals surface area contributed by atoms with E-state index < -0.39 is 23.4 Å². The molecule has 0 radical (unpaired) electrons. The van der Waals surface area contributed by atoms with Gasteiger partial charge in [-0.1, -0.05) is 60.7 Å². The van der Waals surface area contributed by atoms with Crippen LogP contribution in [0.15, 0.2) is 78.9 Å². The van der Waals surface area contributed by atoms with Gasteiger partial charge in [0.25, 0.3) is 5.91 Å². The summed E-state index contributed by atoms with van der Waals surface area (Å²) in [6.07, 6.45) is 0. The van der Waals surface area contributed by atoms with E-state index in [1.54, 1.807) is 85.8 Å². The Hall–Kier alpha value is -3.97. The molecule has 2 N–H and O–H groups in total. The minimum Gasteiger partial charge on any atom is -0.462 e. The molecule has 0 aliphatic carbocycles. The maximum Gasteiger partial charge on any atom is 0.340 e. The summed E-state index contributed by atoms with van der Waals surface area (Å²) in [5, 5.41) is 14.1. The molecule has 1 aliphatic rings. The molecule has 0 bridgehead atoms. The van der Waals surface area contributed by atoms with Gasteiger partial charge in [-0.3, -0.25) is 14.5 Å². The van der Waals surface area contributed by atoms with Gasteiger partial charge in [-0.25, -0.2) is 4.79 Å². The zero-order valence-electron chi connectivity index (χ0n) is 17.4. The Morgan fingerprint density at radius 1 is 0.969 bits per heavy atom. The van der Waals surface area contributed by atoms with Gasteiger partial charge in [-0.05, 0) is 30.7 Å². The van der Waals surface area contributed by atoms with Gasteiger partial charge in [0.2, 0.25) is 5.91 Å². The zero-order chi connectivity index (χ0) is 22.7. The van der Waals surface area contributed by atoms with Gasteiger partial charge in [0, 0.05) is 5.56 Å². The fourth-order valence-corrected chi connectivity index (χ4v) is 3.86. The van der Waals surface area contributed by atoms with E-state index in [1.807, 2.05) is 0 Å². The van der Waals surface area contributed by atoms with Gasteiger partial charge in [0.15, 0.2) is 5.60 Å². The van der Waals surface area contributed by atoms with Crippen molar-refractivity contribution >= 4 is 29.2 Å². The molecule has 3 aromatic carbocycles. The second-order valence-electron chi connectivity index (χ2n) is 7.30. The number of amides is 2. The summed E-state index contributed by atoms with van der Waals surface area (Å²) >= 11 is 0. The second-order valence-corrected chi connectivity index (χ2v) is 7.30. The van der Waals surface area contributed by atoms with Crippen LogP contribution in [0.4, 0.5) is 11.4 Å². The standard InChI is InChI=1S/C25H22N2O5/c1-2-32-23(29)18-12-6-8-14-20(18)26-22(28)16-27-21-15-9-7-13-19(21)25(31,24(27)30)17-10-4-3-5-11-17/h3-15,31H,2,16H2,1H3,(H,26,28)/t25-/m1/s1. The molecular formula is C25H22N2O5. The van der Waals surface area contributed by atoms with Crippen molar-refractivity contribution in [3.05, 3.63) is 95.6 Å². The number of hydrogen-bond donors (Lipinski definition) is 2. The van der Waals surface area contributed by atoms with Crippen molar-refractivity contribution in [3.63, 3.8) is 0 Å². The Bertz CT molecular complexity index is 1180. The van der Waals surface area contributed by atoms with E-state index >= 15 is 0 Å². The number of ether oxygens (including phenoxy) is 1. The van der Waals surface area contributed by atoms with Crippen LogP contribution in [0.5, 0.6) is 0 Å². The molecule has 7 nitrogen and oxygen atoms in total. The Morgan fingerprint density at radius 2 is 1.62 bits per heavy atom. The fourth-order valence-electron chi connectivity index (χ4n) is 3.86. The molecule has 7 heteroatoms. The number of carbonyl (C=O) groups excluding carboxylic acids is 3. The lowest BCUT2D eigenvalue weighted by molar-refractivity contribution is -0.133. The molecule has 0 unspecified atom stereocenters. The SMILES string of the molecule is CCOC(=O)c1ccccc1NC(=O)CN1C(=O)[C@@](O)(c2ccccc2)c2ccccc21. The van der Waals surface area contributed by atoms with Crippen LogP contribution in [0.25, 0.3) is 0 Å². The summed E-state index contributed by atoms with van der Waals surface area (Å²) in [4.78, 5) is 39.7. The largest absolute Gasteiger partial charge is 0.462 e. The summed E-state index contributed by atoms with van der Waals surface area (Å²) in [7, 11) is 0. The number of rotatable bonds is 6. The molecule has 3 aromatic rings. The van der Waals surface area contributed by atoms with Crippen molar-refractivity contribution in [3.8, 4) is 0 Å². The number of benzene rings is 3. The lowest BCUT2D eigenvalue weighted by Gasteiger charge is -2.23. The third kappa shape index (κ3) is 3.63. The summed E-state index contributed by atoms with van der Waals surface area (Å²) in [5.41, 5.74) is -0.0893. The van der Waals surface area contributed by atoms with Crippen LogP contribution in [0, 0.1) is 0 Å². The average molecular weight is 430 g/mol. The van der Waals surface area contributed by atoms with Crippen LogP contribution >= 0.6 is 0 Å². The quantitative estimate of drug-likeness (QED) is 0.586. The van der Waals surface area contributed by atoms with Gasteiger partial charge in [-0.2, -0.15) is 0 Å². The Morgan fingerprint density at radius 3 is 2.38 bits per heavy atom. The van der Waals surface area contributed by atoms with Crippen LogP contribution in [0.3, 0.4) is 0 Å². The van der Waals surface area contributed by atoms with Crippen molar-refractivity contribution in [2.75, 3.05) is 23.4 Å². The highest BCUT2D eigenvalue weighted by atomic mass is 16.5. The van der Waals surface area contributed by atoms with Crippen molar-refractivity contribution in [1.29, 1.82) is 0 Å². The number of nitrogens with zero attached hydrogens (tertiary/aromatic N) is 1. The van der Waals surface area contributed by atoms with Crippen LogP contribution < -0.4 is 10.2 Å². The molecule has 1 atom stereocenters. The summed E-state index contributed by atoms with van der Waals surface area (Å²) in [5.74, 6) is -1.68. The minimum absolute atomic E-state index is 0.207. The van der Waals surface area contributed by atoms with E-state index in [4.69, 9.17) is 4.74 Å². The smallest absolute Gasteiger partial charge is 0.340 e. The Kier molecular flexibility index (Phi) is 5.75. The van der Waals surface area contributed by atoms with Crippen LogP contribution in [0.2, 0.25) is 0 Å². The van der Waals surface area contributed by atoms with Gasteiger partial charge in [0.05, 0.1) is 23.5 Å². The maximum atomic E-state index is 13.4. The number of anilines is 2. The molecule has 0 aromatic heterocycles. The number of aliphatic hydroxyl groups is 1. The number of carbonyl (C=O) groups is 3. The van der Waals surface area contributed by atoms with Gasteiger partial charge in [0.1, 0.15) is 6.54 Å². The highest BCUT2D eigenvalue weighted by Crippen LogP contribution is 2.44. The van der Waals surface area contributed by atoms with Crippen molar-refractivity contribution in [1.82, 2.24) is 0 Å². The molecular weight excluding hydrogens is 408 g/mol. The normalized spacial score (nSPS) is 17.1. The van der Waals surface area contributed by atoms with Gasteiger partial charge >= 0.3 is 5.97 Å². The van der Waals surface area contributed by atoms with E-state index in [9.17, 15) is 19.5 Å². The van der Waals surface area contributed by atoms with Crippen molar-refractivity contribution in [2.45, 2.75) is 12.5 Å². The van der Waals surface area contributed by atoms with E-state index in [-0.39, 0.29) is 24.4 Å². The average Bonchev–Trinajstić information content (AvgIpc) is 3.03. The molecule has 0 saturated carbocycles. The molecule has 32 heavy (non-hydrogen) atoms. The molecule has 1 aliphatic heterocycles. The summed E-state index contributed by atoms with van der Waals surface area (Å²) in [6.45, 7) is 1.57. The number of para-hydroxylation sites is 2. The van der Waals surface area contributed by atoms with E-state index in [2.05, 4.69) is 5.32 Å². The van der Waals surface area contributed by atoms with Crippen LogP contribution in [-0.4, -0.2) is 36.0 Å². The first-order chi connectivity index (χ1) is 15.5. The fraction of sp³-hybridized carbons (Fsp3) is 0.160. The highest BCUT2D eigenvalue weighted by Gasteiger charge is 2.51. The second kappa shape index (κ2) is 8.64. The first-order valence-electron chi connectivity index (χ1n) is 10.2. The monoisotopic (exact) mass is 430 g/mol. The predicted molar refractivity (Wildman–Crippen MR) is 119 cm³/mol. The topological polar surface area (TPSA) is 95.9 Å². The van der Waals surface area contributed by atoms with E-state index in [0.29, 0.717) is 16.8 Å². The number of nitrogens with one attached hydrogen (secondary N) is 1. The maximum absolute atomic E-state index is 13.4.